The molecule has 0 nitrogen and oxygen atoms in total. The molecule has 2 rings (SSSR count). The van der Waals surface area contributed by atoms with E-state index in [1.165, 1.54) is 11.1 Å². The van der Waals surface area contributed by atoms with Crippen LogP contribution in [0.2, 0.25) is 0 Å². The van der Waals surface area contributed by atoms with E-state index in [9.17, 15) is 0 Å². The Morgan fingerprint density at radius 1 is 0.688 bits per heavy atom. The molecule has 0 N–H and O–H groups in total. The van der Waals surface area contributed by atoms with Crippen LogP contribution in [0.25, 0.3) is 23.3 Å². The smallest absolute Gasteiger partial charge is 0.0178 e. The summed E-state index contributed by atoms with van der Waals surface area (Å²) in [6, 6.07) is 16.7. The second-order valence-electron chi connectivity index (χ2n) is 3.66. The minimum absolute atomic E-state index is 1.14. The summed E-state index contributed by atoms with van der Waals surface area (Å²) in [7, 11) is 0. The normalized spacial score (nSPS) is 9.75. The molecular formula is C16H14. The van der Waals surface area contributed by atoms with E-state index in [-0.39, 0.29) is 0 Å². The first kappa shape index (κ1) is 10.4. The van der Waals surface area contributed by atoms with Crippen LogP contribution < -0.4 is 0 Å². The summed E-state index contributed by atoms with van der Waals surface area (Å²) in [6.45, 7) is 7.53. The zero-order valence-electron chi connectivity index (χ0n) is 9.19. The topological polar surface area (TPSA) is 0 Å². The molecule has 0 saturated carbocycles. The summed E-state index contributed by atoms with van der Waals surface area (Å²) < 4.78 is 0. The largest absolute Gasteiger partial charge is 0.0985 e. The highest BCUT2D eigenvalue weighted by Crippen LogP contribution is 2.21. The lowest BCUT2D eigenvalue weighted by molar-refractivity contribution is 1.59. The standard InChI is InChI=1S/C16H14/c1-3-13-8-10-15(11-9-13)16-7-5-6-14(4-2)12-16/h3-12H,1-2H2. The van der Waals surface area contributed by atoms with Gasteiger partial charge in [-0.15, -0.1) is 0 Å². The average molecular weight is 206 g/mol. The van der Waals surface area contributed by atoms with Crippen LogP contribution in [-0.2, 0) is 0 Å². The second-order valence-corrected chi connectivity index (χ2v) is 3.66. The van der Waals surface area contributed by atoms with Crippen molar-refractivity contribution in [2.24, 2.45) is 0 Å². The van der Waals surface area contributed by atoms with E-state index in [2.05, 4.69) is 55.6 Å². The van der Waals surface area contributed by atoms with Gasteiger partial charge in [0.15, 0.2) is 0 Å². The van der Waals surface area contributed by atoms with Gasteiger partial charge >= 0.3 is 0 Å². The monoisotopic (exact) mass is 206 g/mol. The molecule has 0 heteroatoms. The predicted molar refractivity (Wildman–Crippen MR) is 72.1 cm³/mol. The Labute approximate surface area is 96.6 Å². The molecule has 0 heterocycles. The molecule has 0 amide bonds. The molecule has 0 atom stereocenters. The number of hydrogen-bond donors (Lipinski definition) is 0. The Hall–Kier alpha value is -2.08. The molecular weight excluding hydrogens is 192 g/mol. The zero-order valence-corrected chi connectivity index (χ0v) is 9.19. The molecule has 0 spiro atoms. The molecule has 0 aromatic heterocycles. The first-order chi connectivity index (χ1) is 7.83. The highest BCUT2D eigenvalue weighted by atomic mass is 14.0. The molecule has 0 saturated heterocycles. The number of rotatable bonds is 3. The third-order valence-corrected chi connectivity index (χ3v) is 2.60. The molecule has 0 aliphatic rings. The van der Waals surface area contributed by atoms with Crippen LogP contribution in [0.5, 0.6) is 0 Å². The lowest BCUT2D eigenvalue weighted by Gasteiger charge is -2.03. The summed E-state index contributed by atoms with van der Waals surface area (Å²) in [5.74, 6) is 0. The maximum atomic E-state index is 3.78. The number of hydrogen-bond acceptors (Lipinski definition) is 0. The highest BCUT2D eigenvalue weighted by molar-refractivity contribution is 5.68. The van der Waals surface area contributed by atoms with Crippen LogP contribution >= 0.6 is 0 Å². The van der Waals surface area contributed by atoms with Gasteiger partial charge in [-0.25, -0.2) is 0 Å². The van der Waals surface area contributed by atoms with Crippen molar-refractivity contribution in [3.05, 3.63) is 72.8 Å². The summed E-state index contributed by atoms with van der Waals surface area (Å²) in [6.07, 6.45) is 3.71. The van der Waals surface area contributed by atoms with Crippen LogP contribution in [0, 0.1) is 0 Å². The lowest BCUT2D eigenvalue weighted by atomic mass is 10.0. The van der Waals surface area contributed by atoms with Crippen LogP contribution in [0.15, 0.2) is 61.7 Å². The van der Waals surface area contributed by atoms with Gasteiger partial charge in [-0.1, -0.05) is 67.8 Å². The van der Waals surface area contributed by atoms with Crippen molar-refractivity contribution < 1.29 is 0 Å². The van der Waals surface area contributed by atoms with E-state index >= 15 is 0 Å². The quantitative estimate of drug-likeness (QED) is 0.686. The van der Waals surface area contributed by atoms with E-state index in [0.717, 1.165) is 11.1 Å². The molecule has 0 aliphatic heterocycles. The molecule has 2 aromatic rings. The van der Waals surface area contributed by atoms with Crippen molar-refractivity contribution in [1.29, 1.82) is 0 Å². The van der Waals surface area contributed by atoms with Gasteiger partial charge in [0, 0.05) is 0 Å². The SMILES string of the molecule is C=Cc1ccc(-c2cccc(C=C)c2)cc1. The molecule has 0 aliphatic carbocycles. The Kier molecular flexibility index (Phi) is 3.02. The van der Waals surface area contributed by atoms with Gasteiger partial charge in [-0.05, 0) is 28.3 Å². The third kappa shape index (κ3) is 2.12. The first-order valence-electron chi connectivity index (χ1n) is 5.29. The summed E-state index contributed by atoms with van der Waals surface area (Å²) >= 11 is 0. The predicted octanol–water partition coefficient (Wildman–Crippen LogP) is 4.64. The van der Waals surface area contributed by atoms with E-state index in [0.29, 0.717) is 0 Å². The summed E-state index contributed by atoms with van der Waals surface area (Å²) in [5, 5.41) is 0. The van der Waals surface area contributed by atoms with Crippen molar-refractivity contribution in [3.8, 4) is 11.1 Å². The van der Waals surface area contributed by atoms with Gasteiger partial charge in [-0.3, -0.25) is 0 Å². The molecule has 0 radical (unpaired) electrons. The molecule has 2 aromatic carbocycles. The Morgan fingerprint density at radius 3 is 2.00 bits per heavy atom. The minimum Gasteiger partial charge on any atom is -0.0985 e. The summed E-state index contributed by atoms with van der Waals surface area (Å²) in [5.41, 5.74) is 4.72. The van der Waals surface area contributed by atoms with Gasteiger partial charge in [0.2, 0.25) is 0 Å². The second kappa shape index (κ2) is 4.63. The van der Waals surface area contributed by atoms with Gasteiger partial charge < -0.3 is 0 Å². The van der Waals surface area contributed by atoms with E-state index < -0.39 is 0 Å². The van der Waals surface area contributed by atoms with Crippen molar-refractivity contribution in [3.63, 3.8) is 0 Å². The van der Waals surface area contributed by atoms with Gasteiger partial charge in [0.1, 0.15) is 0 Å². The molecule has 78 valence electrons. The minimum atomic E-state index is 1.14. The fraction of sp³-hybridized carbons (Fsp3) is 0. The Morgan fingerprint density at radius 2 is 1.38 bits per heavy atom. The van der Waals surface area contributed by atoms with Crippen LogP contribution in [0.4, 0.5) is 0 Å². The van der Waals surface area contributed by atoms with E-state index in [4.69, 9.17) is 0 Å². The van der Waals surface area contributed by atoms with Gasteiger partial charge in [0.05, 0.1) is 0 Å². The zero-order chi connectivity index (χ0) is 11.4. The third-order valence-electron chi connectivity index (χ3n) is 2.60. The maximum absolute atomic E-state index is 3.78. The molecule has 0 bridgehead atoms. The van der Waals surface area contributed by atoms with Crippen molar-refractivity contribution >= 4 is 12.2 Å². The number of benzene rings is 2. The Balaban J connectivity index is 2.41. The first-order valence-corrected chi connectivity index (χ1v) is 5.29. The van der Waals surface area contributed by atoms with Crippen LogP contribution in [0.3, 0.4) is 0 Å². The highest BCUT2D eigenvalue weighted by Gasteiger charge is 1.97. The van der Waals surface area contributed by atoms with Gasteiger partial charge in [-0.2, -0.15) is 0 Å². The van der Waals surface area contributed by atoms with Crippen LogP contribution in [0.1, 0.15) is 11.1 Å². The summed E-state index contributed by atoms with van der Waals surface area (Å²) in [4.78, 5) is 0. The average Bonchev–Trinajstić information content (AvgIpc) is 2.39. The van der Waals surface area contributed by atoms with E-state index in [1.54, 1.807) is 0 Å². The van der Waals surface area contributed by atoms with Gasteiger partial charge in [0.25, 0.3) is 0 Å². The maximum Gasteiger partial charge on any atom is -0.0178 e. The Bertz CT molecular complexity index is 504. The molecule has 16 heavy (non-hydrogen) atoms. The molecule has 0 fully saturated rings. The fourth-order valence-corrected chi connectivity index (χ4v) is 1.66. The van der Waals surface area contributed by atoms with Crippen molar-refractivity contribution in [2.75, 3.05) is 0 Å². The van der Waals surface area contributed by atoms with Crippen molar-refractivity contribution in [2.45, 2.75) is 0 Å². The fourth-order valence-electron chi connectivity index (χ4n) is 1.66. The van der Waals surface area contributed by atoms with Crippen molar-refractivity contribution in [1.82, 2.24) is 0 Å². The van der Waals surface area contributed by atoms with E-state index in [1.807, 2.05) is 18.2 Å². The lowest BCUT2D eigenvalue weighted by Crippen LogP contribution is -1.79. The van der Waals surface area contributed by atoms with Crippen LogP contribution in [-0.4, -0.2) is 0 Å². The molecule has 0 unspecified atom stereocenters.